The maximum Gasteiger partial charge on any atom is 0.344 e. The van der Waals surface area contributed by atoms with Crippen LogP contribution in [-0.2, 0) is 14.3 Å². The quantitative estimate of drug-likeness (QED) is 0.469. The summed E-state index contributed by atoms with van der Waals surface area (Å²) in [5, 5.41) is 14.5. The molecule has 0 fully saturated rings. The number of carboxylic acid groups (broad SMARTS) is 1. The van der Waals surface area contributed by atoms with Crippen LogP contribution in [0.25, 0.3) is 6.08 Å². The third kappa shape index (κ3) is 5.18. The van der Waals surface area contributed by atoms with Crippen molar-refractivity contribution in [2.75, 3.05) is 18.2 Å². The van der Waals surface area contributed by atoms with Gasteiger partial charge in [0.15, 0.2) is 6.61 Å². The SMILES string of the molecule is CCOC(=O)COc1ccc(Br)cc1/C=C1\C(=O)N(c2ccc(C(=O)O)cc2)N=C1C. The van der Waals surface area contributed by atoms with Crippen molar-refractivity contribution < 1.29 is 29.0 Å². The van der Waals surface area contributed by atoms with Crippen LogP contribution in [0.3, 0.4) is 0 Å². The molecule has 2 aromatic carbocycles. The number of hydrazone groups is 1. The highest BCUT2D eigenvalue weighted by Crippen LogP contribution is 2.29. The van der Waals surface area contributed by atoms with Crippen LogP contribution in [0.2, 0.25) is 0 Å². The fourth-order valence-corrected chi connectivity index (χ4v) is 3.24. The minimum Gasteiger partial charge on any atom is -0.481 e. The number of amides is 1. The smallest absolute Gasteiger partial charge is 0.344 e. The minimum atomic E-state index is -1.05. The van der Waals surface area contributed by atoms with Gasteiger partial charge in [-0.1, -0.05) is 15.9 Å². The molecule has 0 saturated carbocycles. The number of carbonyl (C=O) groups is 3. The number of ether oxygens (including phenoxy) is 2. The van der Waals surface area contributed by atoms with E-state index in [0.717, 1.165) is 4.47 Å². The van der Waals surface area contributed by atoms with Gasteiger partial charge in [-0.2, -0.15) is 10.1 Å². The van der Waals surface area contributed by atoms with Crippen LogP contribution in [-0.4, -0.2) is 41.9 Å². The Balaban J connectivity index is 1.87. The third-order valence-electron chi connectivity index (χ3n) is 4.34. The maximum atomic E-state index is 13.0. The van der Waals surface area contributed by atoms with Crippen LogP contribution in [0.1, 0.15) is 29.8 Å². The van der Waals surface area contributed by atoms with E-state index in [1.807, 2.05) is 0 Å². The van der Waals surface area contributed by atoms with E-state index in [0.29, 0.717) is 28.3 Å². The molecule has 1 aliphatic heterocycles. The van der Waals surface area contributed by atoms with Crippen molar-refractivity contribution in [2.45, 2.75) is 13.8 Å². The number of hydrogen-bond donors (Lipinski definition) is 1. The average molecular weight is 487 g/mol. The number of esters is 1. The van der Waals surface area contributed by atoms with E-state index in [-0.39, 0.29) is 24.7 Å². The fourth-order valence-electron chi connectivity index (χ4n) is 2.86. The van der Waals surface area contributed by atoms with Gasteiger partial charge in [-0.15, -0.1) is 0 Å². The predicted octanol–water partition coefficient (Wildman–Crippen LogP) is 3.90. The Hall–Kier alpha value is -3.46. The molecule has 31 heavy (non-hydrogen) atoms. The Morgan fingerprint density at radius 1 is 1.19 bits per heavy atom. The Bertz CT molecular complexity index is 1090. The summed E-state index contributed by atoms with van der Waals surface area (Å²) in [6.45, 7) is 3.41. The van der Waals surface area contributed by atoms with E-state index in [1.54, 1.807) is 38.1 Å². The van der Waals surface area contributed by atoms with E-state index in [1.165, 1.54) is 29.3 Å². The lowest BCUT2D eigenvalue weighted by Crippen LogP contribution is -2.21. The molecular weight excluding hydrogens is 468 g/mol. The topological polar surface area (TPSA) is 106 Å². The van der Waals surface area contributed by atoms with Crippen LogP contribution < -0.4 is 9.75 Å². The van der Waals surface area contributed by atoms with Gasteiger partial charge in [-0.05, 0) is 62.4 Å². The molecule has 9 heteroatoms. The molecule has 0 aliphatic carbocycles. The Labute approximate surface area is 186 Å². The van der Waals surface area contributed by atoms with Gasteiger partial charge < -0.3 is 14.6 Å². The van der Waals surface area contributed by atoms with Crippen molar-refractivity contribution in [3.05, 3.63) is 63.6 Å². The molecule has 1 N–H and O–H groups in total. The van der Waals surface area contributed by atoms with Crippen molar-refractivity contribution >= 4 is 51.3 Å². The van der Waals surface area contributed by atoms with Crippen molar-refractivity contribution in [2.24, 2.45) is 5.10 Å². The molecule has 0 atom stereocenters. The van der Waals surface area contributed by atoms with Gasteiger partial charge in [0.2, 0.25) is 0 Å². The molecule has 0 aromatic heterocycles. The number of carbonyl (C=O) groups excluding carboxylic acids is 2. The summed E-state index contributed by atoms with van der Waals surface area (Å²) < 4.78 is 11.2. The number of rotatable bonds is 7. The highest BCUT2D eigenvalue weighted by molar-refractivity contribution is 9.10. The van der Waals surface area contributed by atoms with E-state index in [4.69, 9.17) is 14.6 Å². The summed E-state index contributed by atoms with van der Waals surface area (Å²) in [6.07, 6.45) is 1.64. The molecule has 160 valence electrons. The lowest BCUT2D eigenvalue weighted by atomic mass is 10.1. The highest BCUT2D eigenvalue weighted by Gasteiger charge is 2.29. The van der Waals surface area contributed by atoms with Crippen molar-refractivity contribution in [1.82, 2.24) is 0 Å². The molecule has 1 amide bonds. The van der Waals surface area contributed by atoms with Crippen LogP contribution in [0, 0.1) is 0 Å². The number of hydrogen-bond acceptors (Lipinski definition) is 6. The molecule has 0 radical (unpaired) electrons. The molecule has 0 saturated heterocycles. The summed E-state index contributed by atoms with van der Waals surface area (Å²) in [6, 6.07) is 11.1. The largest absolute Gasteiger partial charge is 0.481 e. The van der Waals surface area contributed by atoms with Gasteiger partial charge in [0.25, 0.3) is 5.91 Å². The van der Waals surface area contributed by atoms with Gasteiger partial charge >= 0.3 is 11.9 Å². The summed E-state index contributed by atoms with van der Waals surface area (Å²) in [5.41, 5.74) is 1.99. The molecule has 0 spiro atoms. The summed E-state index contributed by atoms with van der Waals surface area (Å²) in [4.78, 5) is 35.6. The van der Waals surface area contributed by atoms with Gasteiger partial charge in [-0.25, -0.2) is 9.59 Å². The molecule has 2 aromatic rings. The molecule has 8 nitrogen and oxygen atoms in total. The van der Waals surface area contributed by atoms with Crippen molar-refractivity contribution in [3.63, 3.8) is 0 Å². The zero-order valence-electron chi connectivity index (χ0n) is 16.8. The van der Waals surface area contributed by atoms with Crippen LogP contribution >= 0.6 is 15.9 Å². The monoisotopic (exact) mass is 486 g/mol. The lowest BCUT2D eigenvalue weighted by Gasteiger charge is -2.12. The highest BCUT2D eigenvalue weighted by atomic mass is 79.9. The first-order valence-corrected chi connectivity index (χ1v) is 10.1. The van der Waals surface area contributed by atoms with E-state index in [2.05, 4.69) is 21.0 Å². The number of nitrogens with zero attached hydrogens (tertiary/aromatic N) is 2. The fraction of sp³-hybridized carbons (Fsp3) is 0.182. The zero-order chi connectivity index (χ0) is 22.5. The Kier molecular flexibility index (Phi) is 6.86. The molecule has 1 heterocycles. The van der Waals surface area contributed by atoms with Crippen LogP contribution in [0.4, 0.5) is 5.69 Å². The third-order valence-corrected chi connectivity index (χ3v) is 4.84. The van der Waals surface area contributed by atoms with Gasteiger partial charge in [0, 0.05) is 10.0 Å². The molecular formula is C22H19BrN2O6. The molecule has 3 rings (SSSR count). The van der Waals surface area contributed by atoms with Crippen LogP contribution in [0.15, 0.2) is 57.6 Å². The molecule has 0 unspecified atom stereocenters. The molecule has 1 aliphatic rings. The van der Waals surface area contributed by atoms with Crippen LogP contribution in [0.5, 0.6) is 5.75 Å². The average Bonchev–Trinajstić information content (AvgIpc) is 3.01. The number of benzene rings is 2. The Morgan fingerprint density at radius 2 is 1.90 bits per heavy atom. The standard InChI is InChI=1S/C22H19BrN2O6/c1-3-30-20(26)12-31-19-9-6-16(23)10-15(19)11-18-13(2)24-25(21(18)27)17-7-4-14(5-8-17)22(28)29/h4-11H,3,12H2,1-2H3,(H,28,29)/b18-11-. The number of carboxylic acids is 1. The first-order valence-electron chi connectivity index (χ1n) is 9.33. The number of halogens is 1. The first kappa shape index (κ1) is 22.2. The second kappa shape index (κ2) is 9.57. The normalized spacial score (nSPS) is 14.5. The second-order valence-electron chi connectivity index (χ2n) is 6.49. The summed E-state index contributed by atoms with van der Waals surface area (Å²) in [5.74, 6) is -1.50. The minimum absolute atomic E-state index is 0.115. The second-order valence-corrected chi connectivity index (χ2v) is 7.40. The number of anilines is 1. The lowest BCUT2D eigenvalue weighted by molar-refractivity contribution is -0.145. The van der Waals surface area contributed by atoms with E-state index < -0.39 is 11.9 Å². The van der Waals surface area contributed by atoms with E-state index >= 15 is 0 Å². The predicted molar refractivity (Wildman–Crippen MR) is 118 cm³/mol. The number of aromatic carboxylic acids is 1. The summed E-state index contributed by atoms with van der Waals surface area (Å²) in [7, 11) is 0. The van der Waals surface area contributed by atoms with Gasteiger partial charge in [-0.3, -0.25) is 4.79 Å². The van der Waals surface area contributed by atoms with Crippen molar-refractivity contribution in [3.8, 4) is 5.75 Å². The maximum absolute atomic E-state index is 13.0. The van der Waals surface area contributed by atoms with Gasteiger partial charge in [0.05, 0.1) is 29.1 Å². The zero-order valence-corrected chi connectivity index (χ0v) is 18.4. The van der Waals surface area contributed by atoms with Gasteiger partial charge in [0.1, 0.15) is 5.75 Å². The molecule has 0 bridgehead atoms. The van der Waals surface area contributed by atoms with E-state index in [9.17, 15) is 14.4 Å². The first-order chi connectivity index (χ1) is 14.8. The summed E-state index contributed by atoms with van der Waals surface area (Å²) >= 11 is 3.40. The Morgan fingerprint density at radius 3 is 2.55 bits per heavy atom. The van der Waals surface area contributed by atoms with Crippen molar-refractivity contribution in [1.29, 1.82) is 0 Å².